The van der Waals surface area contributed by atoms with Crippen molar-refractivity contribution in [2.75, 3.05) is 33.4 Å². The average molecular weight is 533 g/mol. The van der Waals surface area contributed by atoms with Crippen LogP contribution in [0.15, 0.2) is 66.7 Å². The standard InChI is InChI=1S/C31H36N2O6/c1-37-26-15-27(35)31-28(36)17-29(39-30(31)16-26)22-7-9-25(10-8-22)38-20-24(34)18-32-23-11-13-33(14-12-23)19-21-5-3-2-4-6-21/h2-10,15-16,23-24,29,32,34-35H,11-14,17-20H2,1H3/t24?,29-/m0/s1. The molecule has 3 N–H and O–H groups in total. The van der Waals surface area contributed by atoms with Gasteiger partial charge < -0.3 is 29.7 Å². The zero-order chi connectivity index (χ0) is 27.2. The van der Waals surface area contributed by atoms with E-state index < -0.39 is 12.2 Å². The van der Waals surface area contributed by atoms with Gasteiger partial charge in [-0.3, -0.25) is 9.69 Å². The Morgan fingerprint density at radius 1 is 1.05 bits per heavy atom. The molecule has 5 rings (SSSR count). The van der Waals surface area contributed by atoms with Crippen LogP contribution in [-0.4, -0.2) is 66.4 Å². The molecule has 1 unspecified atom stereocenters. The molecule has 0 saturated carbocycles. The smallest absolute Gasteiger partial charge is 0.174 e. The summed E-state index contributed by atoms with van der Waals surface area (Å²) >= 11 is 0. The molecule has 1 saturated heterocycles. The molecule has 3 aromatic rings. The zero-order valence-corrected chi connectivity index (χ0v) is 22.2. The molecule has 2 aliphatic heterocycles. The molecule has 0 aromatic heterocycles. The van der Waals surface area contributed by atoms with Gasteiger partial charge in [0.15, 0.2) is 5.78 Å². The van der Waals surface area contributed by atoms with Crippen molar-refractivity contribution in [3.05, 3.63) is 83.4 Å². The van der Waals surface area contributed by atoms with E-state index in [9.17, 15) is 15.0 Å². The topological polar surface area (TPSA) is 100 Å². The minimum atomic E-state index is -0.620. The largest absolute Gasteiger partial charge is 0.507 e. The number of hydrogen-bond donors (Lipinski definition) is 3. The summed E-state index contributed by atoms with van der Waals surface area (Å²) in [5.74, 6) is 1.04. The molecule has 3 aromatic carbocycles. The Balaban J connectivity index is 1.05. The number of aliphatic hydroxyl groups is 1. The van der Waals surface area contributed by atoms with Crippen molar-refractivity contribution in [3.8, 4) is 23.0 Å². The van der Waals surface area contributed by atoms with Gasteiger partial charge in [-0.2, -0.15) is 0 Å². The third kappa shape index (κ3) is 6.89. The highest BCUT2D eigenvalue weighted by molar-refractivity contribution is 6.02. The number of nitrogens with one attached hydrogen (secondary N) is 1. The summed E-state index contributed by atoms with van der Waals surface area (Å²) in [4.78, 5) is 15.1. The minimum Gasteiger partial charge on any atom is -0.507 e. The number of phenolic OH excluding ortho intramolecular Hbond substituents is 1. The van der Waals surface area contributed by atoms with Crippen LogP contribution >= 0.6 is 0 Å². The Labute approximate surface area is 229 Å². The molecule has 0 amide bonds. The summed E-state index contributed by atoms with van der Waals surface area (Å²) in [6, 6.07) is 21.3. The highest BCUT2D eigenvalue weighted by Crippen LogP contribution is 2.42. The predicted octanol–water partition coefficient (Wildman–Crippen LogP) is 4.10. The fraction of sp³-hybridized carbons (Fsp3) is 0.387. The van der Waals surface area contributed by atoms with Gasteiger partial charge in [0.1, 0.15) is 47.4 Å². The van der Waals surface area contributed by atoms with Gasteiger partial charge in [-0.15, -0.1) is 0 Å². The van der Waals surface area contributed by atoms with E-state index in [2.05, 4.69) is 34.5 Å². The maximum Gasteiger partial charge on any atom is 0.174 e. The molecule has 8 heteroatoms. The van der Waals surface area contributed by atoms with E-state index in [1.807, 2.05) is 30.3 Å². The van der Waals surface area contributed by atoms with E-state index in [0.717, 1.165) is 38.0 Å². The molecule has 0 bridgehead atoms. The van der Waals surface area contributed by atoms with Crippen molar-refractivity contribution in [3.63, 3.8) is 0 Å². The van der Waals surface area contributed by atoms with Crippen molar-refractivity contribution < 1.29 is 29.2 Å². The highest BCUT2D eigenvalue weighted by Gasteiger charge is 2.31. The number of hydrogen-bond acceptors (Lipinski definition) is 8. The second kappa shape index (κ2) is 12.5. The first-order valence-corrected chi connectivity index (χ1v) is 13.5. The van der Waals surface area contributed by atoms with E-state index >= 15 is 0 Å². The van der Waals surface area contributed by atoms with Crippen molar-refractivity contribution in [1.82, 2.24) is 10.2 Å². The molecular weight excluding hydrogens is 496 g/mol. The number of aromatic hydroxyl groups is 1. The zero-order valence-electron chi connectivity index (χ0n) is 22.2. The first-order chi connectivity index (χ1) is 19.0. The lowest BCUT2D eigenvalue weighted by Crippen LogP contribution is -2.45. The van der Waals surface area contributed by atoms with E-state index in [1.165, 1.54) is 18.7 Å². The number of nitrogens with zero attached hydrogens (tertiary/aromatic N) is 1. The van der Waals surface area contributed by atoms with E-state index in [4.69, 9.17) is 14.2 Å². The number of benzene rings is 3. The molecule has 39 heavy (non-hydrogen) atoms. The Hall–Kier alpha value is -3.59. The number of ketones is 1. The van der Waals surface area contributed by atoms with Crippen LogP contribution in [0.5, 0.6) is 23.0 Å². The second-order valence-corrected chi connectivity index (χ2v) is 10.2. The van der Waals surface area contributed by atoms with Crippen LogP contribution in [0.4, 0.5) is 0 Å². The van der Waals surface area contributed by atoms with Crippen LogP contribution < -0.4 is 19.5 Å². The predicted molar refractivity (Wildman–Crippen MR) is 148 cm³/mol. The highest BCUT2D eigenvalue weighted by atomic mass is 16.5. The van der Waals surface area contributed by atoms with Crippen LogP contribution in [0.2, 0.25) is 0 Å². The lowest BCUT2D eigenvalue weighted by Gasteiger charge is -2.33. The first-order valence-electron chi connectivity index (χ1n) is 13.5. The summed E-state index contributed by atoms with van der Waals surface area (Å²) in [7, 11) is 1.49. The Kier molecular flexibility index (Phi) is 8.66. The number of methoxy groups -OCH3 is 1. The van der Waals surface area contributed by atoms with Crippen LogP contribution in [0.1, 0.15) is 46.9 Å². The summed E-state index contributed by atoms with van der Waals surface area (Å²) < 4.78 is 17.0. The molecule has 206 valence electrons. The van der Waals surface area contributed by atoms with Crippen molar-refractivity contribution in [2.24, 2.45) is 0 Å². The molecule has 0 spiro atoms. The van der Waals surface area contributed by atoms with Crippen molar-refractivity contribution in [1.29, 1.82) is 0 Å². The van der Waals surface area contributed by atoms with Crippen molar-refractivity contribution >= 4 is 5.78 Å². The molecule has 2 atom stereocenters. The van der Waals surface area contributed by atoms with Crippen LogP contribution in [0, 0.1) is 0 Å². The second-order valence-electron chi connectivity index (χ2n) is 10.2. The third-order valence-corrected chi connectivity index (χ3v) is 7.38. The van der Waals surface area contributed by atoms with Gasteiger partial charge in [-0.1, -0.05) is 42.5 Å². The number of carbonyl (C=O) groups is 1. The molecule has 0 radical (unpaired) electrons. The first kappa shape index (κ1) is 27.0. The maximum absolute atomic E-state index is 12.7. The Morgan fingerprint density at radius 2 is 1.79 bits per heavy atom. The summed E-state index contributed by atoms with van der Waals surface area (Å²) in [6.07, 6.45) is 1.16. The number of Topliss-reactive ketones (excluding diaryl/α,β-unsaturated/α-hetero) is 1. The number of fused-ring (bicyclic) bond motifs is 1. The number of phenols is 1. The number of piperidine rings is 1. The van der Waals surface area contributed by atoms with Crippen LogP contribution in [0.25, 0.3) is 0 Å². The Bertz CT molecular complexity index is 1240. The van der Waals surface area contributed by atoms with Crippen molar-refractivity contribution in [2.45, 2.75) is 44.1 Å². The maximum atomic E-state index is 12.7. The van der Waals surface area contributed by atoms with Gasteiger partial charge in [0.05, 0.1) is 13.5 Å². The number of rotatable bonds is 10. The van der Waals surface area contributed by atoms with Gasteiger partial charge in [-0.05, 0) is 49.2 Å². The lowest BCUT2D eigenvalue weighted by atomic mass is 9.95. The SMILES string of the molecule is COc1cc(O)c2c(c1)O[C@H](c1ccc(OCC(O)CNC3CCN(Cc4ccccc4)CC3)cc1)CC2=O. The van der Waals surface area contributed by atoms with Gasteiger partial charge in [0.25, 0.3) is 0 Å². The molecule has 8 nitrogen and oxygen atoms in total. The van der Waals surface area contributed by atoms with E-state index in [0.29, 0.717) is 29.8 Å². The minimum absolute atomic E-state index is 0.128. The summed E-state index contributed by atoms with van der Waals surface area (Å²) in [6.45, 7) is 3.74. The summed E-state index contributed by atoms with van der Waals surface area (Å²) in [5.41, 5.74) is 2.35. The van der Waals surface area contributed by atoms with Gasteiger partial charge in [0, 0.05) is 31.3 Å². The lowest BCUT2D eigenvalue weighted by molar-refractivity contribution is 0.0844. The number of likely N-dealkylation sites (tertiary alicyclic amines) is 1. The number of ether oxygens (including phenoxy) is 3. The van der Waals surface area contributed by atoms with Gasteiger partial charge in [0.2, 0.25) is 0 Å². The average Bonchev–Trinajstić information content (AvgIpc) is 2.96. The molecule has 2 heterocycles. The fourth-order valence-electron chi connectivity index (χ4n) is 5.19. The fourth-order valence-corrected chi connectivity index (χ4v) is 5.19. The molecular formula is C31H36N2O6. The van der Waals surface area contributed by atoms with E-state index in [-0.39, 0.29) is 30.1 Å². The number of aliphatic hydroxyl groups excluding tert-OH is 1. The Morgan fingerprint density at radius 3 is 2.51 bits per heavy atom. The number of carbonyl (C=O) groups excluding carboxylic acids is 1. The third-order valence-electron chi connectivity index (χ3n) is 7.38. The normalized spacial score (nSPS) is 18.7. The van der Waals surface area contributed by atoms with Crippen LogP contribution in [0.3, 0.4) is 0 Å². The molecule has 2 aliphatic rings. The van der Waals surface area contributed by atoms with E-state index in [1.54, 1.807) is 6.07 Å². The molecule has 1 fully saturated rings. The molecule has 0 aliphatic carbocycles. The van der Waals surface area contributed by atoms with Gasteiger partial charge >= 0.3 is 0 Å². The monoisotopic (exact) mass is 532 g/mol. The van der Waals surface area contributed by atoms with Crippen LogP contribution in [-0.2, 0) is 6.54 Å². The quantitative estimate of drug-likeness (QED) is 0.359. The van der Waals surface area contributed by atoms with Gasteiger partial charge in [-0.25, -0.2) is 0 Å². The summed E-state index contributed by atoms with van der Waals surface area (Å²) in [5, 5.41) is 24.1.